The van der Waals surface area contributed by atoms with E-state index in [1.807, 2.05) is 13.8 Å². The lowest BCUT2D eigenvalue weighted by Gasteiger charge is -2.48. The molecular weight excluding hydrogens is 342 g/mol. The highest BCUT2D eigenvalue weighted by molar-refractivity contribution is 7.87. The third-order valence-electron chi connectivity index (χ3n) is 5.78. The van der Waals surface area contributed by atoms with Crippen LogP contribution in [0.15, 0.2) is 0 Å². The fraction of sp³-hybridized carbons (Fsp3) is 1.00. The van der Waals surface area contributed by atoms with Gasteiger partial charge in [-0.3, -0.25) is 4.90 Å². The van der Waals surface area contributed by atoms with Gasteiger partial charge < -0.3 is 9.47 Å². The van der Waals surface area contributed by atoms with E-state index in [4.69, 9.17) is 9.47 Å². The SMILES string of the molecule is C[C@@H]1CN(S(=O)(=O)NCC2(N3CCOCC3)CCCCC2)C[C@H](C)O1. The molecule has 2 heterocycles. The summed E-state index contributed by atoms with van der Waals surface area (Å²) in [7, 11) is -3.48. The van der Waals surface area contributed by atoms with Crippen LogP contribution in [0, 0.1) is 0 Å². The maximum atomic E-state index is 12.9. The molecule has 3 rings (SSSR count). The molecule has 1 N–H and O–H groups in total. The normalized spacial score (nSPS) is 32.6. The monoisotopic (exact) mass is 375 g/mol. The Morgan fingerprint density at radius 3 is 2.24 bits per heavy atom. The van der Waals surface area contributed by atoms with E-state index in [2.05, 4.69) is 9.62 Å². The van der Waals surface area contributed by atoms with Crippen molar-refractivity contribution in [3.05, 3.63) is 0 Å². The van der Waals surface area contributed by atoms with Gasteiger partial charge in [0.2, 0.25) is 0 Å². The Morgan fingerprint density at radius 2 is 1.64 bits per heavy atom. The third kappa shape index (κ3) is 4.73. The van der Waals surface area contributed by atoms with Crippen LogP contribution in [0.25, 0.3) is 0 Å². The van der Waals surface area contributed by atoms with Gasteiger partial charge >= 0.3 is 0 Å². The van der Waals surface area contributed by atoms with Crippen molar-refractivity contribution in [2.45, 2.75) is 63.7 Å². The van der Waals surface area contributed by atoms with E-state index < -0.39 is 10.2 Å². The molecule has 0 amide bonds. The average Bonchev–Trinajstić information content (AvgIpc) is 2.61. The molecule has 8 heteroatoms. The molecule has 146 valence electrons. The van der Waals surface area contributed by atoms with Crippen molar-refractivity contribution in [3.8, 4) is 0 Å². The number of morpholine rings is 2. The highest BCUT2D eigenvalue weighted by Crippen LogP contribution is 2.34. The van der Waals surface area contributed by atoms with Crippen LogP contribution in [0.2, 0.25) is 0 Å². The van der Waals surface area contributed by atoms with Crippen molar-refractivity contribution in [1.82, 2.24) is 13.9 Å². The second-order valence-corrected chi connectivity index (χ2v) is 9.54. The lowest BCUT2D eigenvalue weighted by molar-refractivity contribution is -0.0455. The number of hydrogen-bond acceptors (Lipinski definition) is 5. The van der Waals surface area contributed by atoms with Crippen molar-refractivity contribution in [3.63, 3.8) is 0 Å². The summed E-state index contributed by atoms with van der Waals surface area (Å²) in [6.45, 7) is 8.47. The van der Waals surface area contributed by atoms with Crippen molar-refractivity contribution in [2.75, 3.05) is 45.9 Å². The Kier molecular flexibility index (Phi) is 6.39. The minimum atomic E-state index is -3.48. The summed E-state index contributed by atoms with van der Waals surface area (Å²) in [4.78, 5) is 2.46. The lowest BCUT2D eigenvalue weighted by atomic mass is 9.80. The average molecular weight is 376 g/mol. The quantitative estimate of drug-likeness (QED) is 0.775. The number of rotatable bonds is 5. The Labute approximate surface area is 152 Å². The molecule has 3 fully saturated rings. The van der Waals surface area contributed by atoms with Crippen LogP contribution in [-0.2, 0) is 19.7 Å². The second kappa shape index (κ2) is 8.19. The molecule has 0 unspecified atom stereocenters. The fourth-order valence-electron chi connectivity index (χ4n) is 4.50. The van der Waals surface area contributed by atoms with E-state index in [0.29, 0.717) is 19.6 Å². The highest BCUT2D eigenvalue weighted by Gasteiger charge is 2.40. The molecule has 0 aromatic heterocycles. The molecule has 2 aliphatic heterocycles. The van der Waals surface area contributed by atoms with Gasteiger partial charge in [0.05, 0.1) is 25.4 Å². The van der Waals surface area contributed by atoms with E-state index in [1.165, 1.54) is 19.3 Å². The Morgan fingerprint density at radius 1 is 1.04 bits per heavy atom. The van der Waals surface area contributed by atoms with Crippen LogP contribution in [0.4, 0.5) is 0 Å². The predicted octanol–water partition coefficient (Wildman–Crippen LogP) is 0.965. The molecule has 1 aliphatic carbocycles. The maximum Gasteiger partial charge on any atom is 0.279 e. The van der Waals surface area contributed by atoms with Crippen molar-refractivity contribution < 1.29 is 17.9 Å². The minimum Gasteiger partial charge on any atom is -0.379 e. The van der Waals surface area contributed by atoms with Gasteiger partial charge in [0.25, 0.3) is 10.2 Å². The first-order valence-electron chi connectivity index (χ1n) is 9.64. The van der Waals surface area contributed by atoms with Crippen molar-refractivity contribution in [1.29, 1.82) is 0 Å². The summed E-state index contributed by atoms with van der Waals surface area (Å²) < 4.78 is 41.4. The largest absolute Gasteiger partial charge is 0.379 e. The predicted molar refractivity (Wildman–Crippen MR) is 96.7 cm³/mol. The number of ether oxygens (including phenoxy) is 2. The molecule has 25 heavy (non-hydrogen) atoms. The summed E-state index contributed by atoms with van der Waals surface area (Å²) in [6, 6.07) is 0. The van der Waals surface area contributed by atoms with Gasteiger partial charge in [-0.25, -0.2) is 4.72 Å². The van der Waals surface area contributed by atoms with E-state index >= 15 is 0 Å². The smallest absolute Gasteiger partial charge is 0.279 e. The van der Waals surface area contributed by atoms with E-state index in [9.17, 15) is 8.42 Å². The Hall–Kier alpha value is -0.250. The zero-order valence-corrected chi connectivity index (χ0v) is 16.4. The van der Waals surface area contributed by atoms with Crippen molar-refractivity contribution >= 4 is 10.2 Å². The topological polar surface area (TPSA) is 71.1 Å². The van der Waals surface area contributed by atoms with Crippen LogP contribution < -0.4 is 4.72 Å². The lowest BCUT2D eigenvalue weighted by Crippen LogP contribution is -2.61. The molecule has 1 saturated carbocycles. The van der Waals surface area contributed by atoms with Gasteiger partial charge in [0.1, 0.15) is 0 Å². The highest BCUT2D eigenvalue weighted by atomic mass is 32.2. The zero-order chi connectivity index (χ0) is 17.9. The summed E-state index contributed by atoms with van der Waals surface area (Å²) in [5, 5.41) is 0. The van der Waals surface area contributed by atoms with Crippen LogP contribution in [0.3, 0.4) is 0 Å². The third-order valence-corrected chi connectivity index (χ3v) is 7.26. The molecule has 0 aromatic rings. The molecule has 3 aliphatic rings. The minimum absolute atomic E-state index is 0.0569. The molecule has 2 atom stereocenters. The number of nitrogens with one attached hydrogen (secondary N) is 1. The summed E-state index contributed by atoms with van der Waals surface area (Å²) in [5.74, 6) is 0. The van der Waals surface area contributed by atoms with Gasteiger partial charge in [0.15, 0.2) is 0 Å². The fourth-order valence-corrected chi connectivity index (χ4v) is 5.94. The van der Waals surface area contributed by atoms with Crippen LogP contribution in [0.5, 0.6) is 0 Å². The first kappa shape index (κ1) is 19.5. The first-order chi connectivity index (χ1) is 11.9. The molecule has 0 radical (unpaired) electrons. The Balaban J connectivity index is 1.67. The van der Waals surface area contributed by atoms with Crippen LogP contribution in [0.1, 0.15) is 46.0 Å². The van der Waals surface area contributed by atoms with Gasteiger partial charge in [-0.05, 0) is 26.7 Å². The van der Waals surface area contributed by atoms with Gasteiger partial charge in [-0.15, -0.1) is 0 Å². The van der Waals surface area contributed by atoms with E-state index in [1.54, 1.807) is 4.31 Å². The summed E-state index contributed by atoms with van der Waals surface area (Å²) in [5.41, 5.74) is -0.0569. The molecule has 2 saturated heterocycles. The van der Waals surface area contributed by atoms with Gasteiger partial charge in [-0.2, -0.15) is 12.7 Å². The van der Waals surface area contributed by atoms with Crippen LogP contribution >= 0.6 is 0 Å². The molecule has 7 nitrogen and oxygen atoms in total. The summed E-state index contributed by atoms with van der Waals surface area (Å²) in [6.07, 6.45) is 5.58. The first-order valence-corrected chi connectivity index (χ1v) is 11.1. The molecule has 0 bridgehead atoms. The van der Waals surface area contributed by atoms with E-state index in [-0.39, 0.29) is 17.7 Å². The standard InChI is InChI=1S/C17H33N3O4S/c1-15-12-20(13-16(2)24-15)25(21,22)18-14-17(6-4-3-5-7-17)19-8-10-23-11-9-19/h15-16,18H,3-14H2,1-2H3/t15-,16+. The zero-order valence-electron chi connectivity index (χ0n) is 15.6. The second-order valence-electron chi connectivity index (χ2n) is 7.78. The van der Waals surface area contributed by atoms with Gasteiger partial charge in [-0.1, -0.05) is 19.3 Å². The summed E-state index contributed by atoms with van der Waals surface area (Å²) >= 11 is 0. The molecule has 0 aromatic carbocycles. The maximum absolute atomic E-state index is 12.9. The Bertz CT molecular complexity index is 520. The number of hydrogen-bond donors (Lipinski definition) is 1. The van der Waals surface area contributed by atoms with Gasteiger partial charge in [0, 0.05) is 38.3 Å². The molecule has 0 spiro atoms. The molecular formula is C17H33N3O4S. The number of nitrogens with zero attached hydrogens (tertiary/aromatic N) is 2. The van der Waals surface area contributed by atoms with E-state index in [0.717, 1.165) is 39.1 Å². The van der Waals surface area contributed by atoms with Crippen LogP contribution in [-0.4, -0.2) is 81.3 Å². The van der Waals surface area contributed by atoms with Crippen molar-refractivity contribution in [2.24, 2.45) is 0 Å².